The summed E-state index contributed by atoms with van der Waals surface area (Å²) in [5.74, 6) is 0.207. The van der Waals surface area contributed by atoms with Gasteiger partial charge in [0, 0.05) is 41.1 Å². The molecule has 6 heteroatoms. The summed E-state index contributed by atoms with van der Waals surface area (Å²) in [5, 5.41) is 3.79. The second kappa shape index (κ2) is 7.60. The first-order valence-electron chi connectivity index (χ1n) is 9.05. The molecule has 1 amide bonds. The summed E-state index contributed by atoms with van der Waals surface area (Å²) in [7, 11) is 0. The van der Waals surface area contributed by atoms with Crippen molar-refractivity contribution in [1.29, 1.82) is 0 Å². The smallest absolute Gasteiger partial charge is 0.251 e. The lowest BCUT2D eigenvalue weighted by Crippen LogP contribution is -2.25. The zero-order valence-corrected chi connectivity index (χ0v) is 15.4. The van der Waals surface area contributed by atoms with E-state index in [1.165, 1.54) is 6.07 Å². The first kappa shape index (κ1) is 17.9. The molecule has 0 bridgehead atoms. The van der Waals surface area contributed by atoms with Crippen molar-refractivity contribution in [3.8, 4) is 11.4 Å². The minimum atomic E-state index is -0.265. The number of hydrogen-bond donors (Lipinski definition) is 2. The van der Waals surface area contributed by atoms with Gasteiger partial charge in [-0.2, -0.15) is 0 Å². The van der Waals surface area contributed by atoms with Crippen LogP contribution in [0.25, 0.3) is 22.3 Å². The van der Waals surface area contributed by atoms with E-state index in [0.29, 0.717) is 29.9 Å². The summed E-state index contributed by atoms with van der Waals surface area (Å²) in [6.07, 6.45) is 3.99. The van der Waals surface area contributed by atoms with Crippen molar-refractivity contribution in [3.63, 3.8) is 0 Å². The average molecular weight is 374 g/mol. The second-order valence-electron chi connectivity index (χ2n) is 6.55. The predicted octanol–water partition coefficient (Wildman–Crippen LogP) is 4.04. The molecule has 0 atom stereocenters. The van der Waals surface area contributed by atoms with Crippen LogP contribution in [-0.4, -0.2) is 27.4 Å². The van der Waals surface area contributed by atoms with E-state index >= 15 is 0 Å². The number of rotatable bonds is 5. The van der Waals surface area contributed by atoms with Gasteiger partial charge < -0.3 is 10.3 Å². The van der Waals surface area contributed by atoms with Gasteiger partial charge in [0.05, 0.1) is 5.52 Å². The van der Waals surface area contributed by atoms with Crippen LogP contribution in [0.15, 0.2) is 60.9 Å². The molecule has 0 saturated carbocycles. The molecule has 0 aliphatic rings. The number of aromatic nitrogens is 3. The van der Waals surface area contributed by atoms with Gasteiger partial charge in [0.25, 0.3) is 5.91 Å². The van der Waals surface area contributed by atoms with E-state index in [1.807, 2.05) is 25.1 Å². The summed E-state index contributed by atoms with van der Waals surface area (Å²) < 4.78 is 13.9. The third kappa shape index (κ3) is 3.49. The summed E-state index contributed by atoms with van der Waals surface area (Å²) in [4.78, 5) is 23.9. The molecule has 0 unspecified atom stereocenters. The molecule has 2 heterocycles. The van der Waals surface area contributed by atoms with Gasteiger partial charge >= 0.3 is 0 Å². The van der Waals surface area contributed by atoms with Gasteiger partial charge in [-0.15, -0.1) is 0 Å². The normalized spacial score (nSPS) is 10.9. The van der Waals surface area contributed by atoms with Gasteiger partial charge in [-0.1, -0.05) is 24.3 Å². The fourth-order valence-electron chi connectivity index (χ4n) is 3.31. The third-order valence-corrected chi connectivity index (χ3v) is 4.74. The molecule has 0 radical (unpaired) electrons. The number of amides is 1. The highest BCUT2D eigenvalue weighted by atomic mass is 19.1. The minimum Gasteiger partial charge on any atom is -0.356 e. The number of carbonyl (C=O) groups is 1. The molecule has 4 rings (SSSR count). The number of aryl methyl sites for hydroxylation is 1. The Bertz CT molecular complexity index is 1120. The Morgan fingerprint density at radius 2 is 1.82 bits per heavy atom. The zero-order chi connectivity index (χ0) is 19.5. The molecule has 2 aromatic carbocycles. The number of aromatic amines is 1. The Morgan fingerprint density at radius 1 is 1.07 bits per heavy atom. The fourth-order valence-corrected chi connectivity index (χ4v) is 3.31. The topological polar surface area (TPSA) is 70.7 Å². The Morgan fingerprint density at radius 3 is 2.57 bits per heavy atom. The maximum absolute atomic E-state index is 13.9. The molecule has 0 aliphatic carbocycles. The largest absolute Gasteiger partial charge is 0.356 e. The van der Waals surface area contributed by atoms with Crippen molar-refractivity contribution in [2.75, 3.05) is 6.54 Å². The maximum Gasteiger partial charge on any atom is 0.251 e. The standard InChI is InChI=1S/C22H19FN4O/c1-14-17(18-4-2-5-19(23)20(18)27-14)10-13-26-22(28)16-8-6-15(7-9-16)21-24-11-3-12-25-21/h2-9,11-12,27H,10,13H2,1H3,(H,26,28). The monoisotopic (exact) mass is 374 g/mol. The molecule has 0 aliphatic heterocycles. The van der Waals surface area contributed by atoms with Gasteiger partial charge in [-0.25, -0.2) is 14.4 Å². The number of hydrogen-bond acceptors (Lipinski definition) is 3. The van der Waals surface area contributed by atoms with E-state index in [9.17, 15) is 9.18 Å². The fraction of sp³-hybridized carbons (Fsp3) is 0.136. The van der Waals surface area contributed by atoms with Crippen molar-refractivity contribution in [1.82, 2.24) is 20.3 Å². The third-order valence-electron chi connectivity index (χ3n) is 4.74. The Hall–Kier alpha value is -3.54. The molecule has 2 N–H and O–H groups in total. The number of H-pyrrole nitrogens is 1. The van der Waals surface area contributed by atoms with Crippen LogP contribution in [0.2, 0.25) is 0 Å². The summed E-state index contributed by atoms with van der Waals surface area (Å²) in [6.45, 7) is 2.38. The van der Waals surface area contributed by atoms with Gasteiger partial charge in [-0.3, -0.25) is 4.79 Å². The highest BCUT2D eigenvalue weighted by Crippen LogP contribution is 2.24. The summed E-state index contributed by atoms with van der Waals surface area (Å²) in [5.41, 5.74) is 3.88. The molecule has 28 heavy (non-hydrogen) atoms. The summed E-state index contributed by atoms with van der Waals surface area (Å²) >= 11 is 0. The first-order valence-corrected chi connectivity index (χ1v) is 9.05. The number of halogens is 1. The zero-order valence-electron chi connectivity index (χ0n) is 15.4. The van der Waals surface area contributed by atoms with Crippen molar-refractivity contribution < 1.29 is 9.18 Å². The van der Waals surface area contributed by atoms with Gasteiger partial charge in [-0.05, 0) is 43.2 Å². The predicted molar refractivity (Wildman–Crippen MR) is 106 cm³/mol. The summed E-state index contributed by atoms with van der Waals surface area (Å²) in [6, 6.07) is 14.0. The maximum atomic E-state index is 13.9. The Kier molecular flexibility index (Phi) is 4.85. The van der Waals surface area contributed by atoms with Crippen LogP contribution in [0, 0.1) is 12.7 Å². The molecule has 0 fully saturated rings. The Balaban J connectivity index is 1.41. The Labute approximate surface area is 161 Å². The van der Waals surface area contributed by atoms with Gasteiger partial charge in [0.15, 0.2) is 5.82 Å². The first-order chi connectivity index (χ1) is 13.6. The number of nitrogens with one attached hydrogen (secondary N) is 2. The van der Waals surface area contributed by atoms with Gasteiger partial charge in [0.2, 0.25) is 0 Å². The van der Waals surface area contributed by atoms with Crippen molar-refractivity contribution in [2.45, 2.75) is 13.3 Å². The molecule has 2 aromatic heterocycles. The molecule has 5 nitrogen and oxygen atoms in total. The van der Waals surface area contributed by atoms with E-state index in [2.05, 4.69) is 20.3 Å². The van der Waals surface area contributed by atoms with Crippen molar-refractivity contribution in [2.24, 2.45) is 0 Å². The van der Waals surface area contributed by atoms with E-state index in [4.69, 9.17) is 0 Å². The number of para-hydroxylation sites is 1. The highest BCUT2D eigenvalue weighted by molar-refractivity contribution is 5.94. The number of carbonyl (C=O) groups excluding carboxylic acids is 1. The SMILES string of the molecule is Cc1[nH]c2c(F)cccc2c1CCNC(=O)c1ccc(-c2ncccn2)cc1. The van der Waals surface area contributed by atoms with E-state index in [-0.39, 0.29) is 11.7 Å². The van der Waals surface area contributed by atoms with Crippen LogP contribution in [0.4, 0.5) is 4.39 Å². The van der Waals surface area contributed by atoms with Gasteiger partial charge in [0.1, 0.15) is 5.82 Å². The molecule has 4 aromatic rings. The van der Waals surface area contributed by atoms with Crippen LogP contribution in [0.5, 0.6) is 0 Å². The molecule has 0 saturated heterocycles. The second-order valence-corrected chi connectivity index (χ2v) is 6.55. The number of nitrogens with zero attached hydrogens (tertiary/aromatic N) is 2. The molecule has 140 valence electrons. The lowest BCUT2D eigenvalue weighted by molar-refractivity contribution is 0.0954. The van der Waals surface area contributed by atoms with Crippen molar-refractivity contribution >= 4 is 16.8 Å². The molecular formula is C22H19FN4O. The molecule has 0 spiro atoms. The van der Waals surface area contributed by atoms with Crippen LogP contribution in [-0.2, 0) is 6.42 Å². The van der Waals surface area contributed by atoms with E-state index in [1.54, 1.807) is 36.7 Å². The van der Waals surface area contributed by atoms with E-state index < -0.39 is 0 Å². The van der Waals surface area contributed by atoms with Crippen molar-refractivity contribution in [3.05, 3.63) is 83.6 Å². The quantitative estimate of drug-likeness (QED) is 0.554. The minimum absolute atomic E-state index is 0.149. The highest BCUT2D eigenvalue weighted by Gasteiger charge is 2.12. The lowest BCUT2D eigenvalue weighted by Gasteiger charge is -2.07. The van der Waals surface area contributed by atoms with Crippen LogP contribution < -0.4 is 5.32 Å². The van der Waals surface area contributed by atoms with Crippen LogP contribution in [0.1, 0.15) is 21.6 Å². The van der Waals surface area contributed by atoms with Crippen LogP contribution >= 0.6 is 0 Å². The van der Waals surface area contributed by atoms with Crippen LogP contribution in [0.3, 0.4) is 0 Å². The molecular weight excluding hydrogens is 355 g/mol. The lowest BCUT2D eigenvalue weighted by atomic mass is 10.1. The van der Waals surface area contributed by atoms with E-state index in [0.717, 1.165) is 22.2 Å². The average Bonchev–Trinajstić information content (AvgIpc) is 3.05. The number of benzene rings is 2. The number of fused-ring (bicyclic) bond motifs is 1.